The van der Waals surface area contributed by atoms with Gasteiger partial charge in [-0.1, -0.05) is 0 Å². The number of nitrogens with one attached hydrogen (secondary N) is 1. The summed E-state index contributed by atoms with van der Waals surface area (Å²) in [4.78, 5) is 24.9. The third-order valence-electron chi connectivity index (χ3n) is 3.15. The summed E-state index contributed by atoms with van der Waals surface area (Å²) in [6.07, 6.45) is 3.35. The highest BCUT2D eigenvalue weighted by atomic mass is 16.3. The van der Waals surface area contributed by atoms with Crippen LogP contribution in [0.1, 0.15) is 13.3 Å². The van der Waals surface area contributed by atoms with Crippen LogP contribution in [0.3, 0.4) is 0 Å². The number of fused-ring (bicyclic) bond motifs is 1. The predicted octanol–water partition coefficient (Wildman–Crippen LogP) is 1.91. The third-order valence-corrected chi connectivity index (χ3v) is 3.15. The van der Waals surface area contributed by atoms with E-state index in [9.17, 15) is 14.7 Å². The molecule has 3 rings (SSSR count). The van der Waals surface area contributed by atoms with Crippen LogP contribution >= 0.6 is 0 Å². The molecule has 0 radical (unpaired) electrons. The maximum Gasteiger partial charge on any atom is 0.228 e. The average molecular weight is 256 g/mol. The van der Waals surface area contributed by atoms with Gasteiger partial charge < -0.3 is 10.4 Å². The normalized spacial score (nSPS) is 16.9. The monoisotopic (exact) mass is 256 g/mol. The van der Waals surface area contributed by atoms with E-state index in [1.165, 1.54) is 25.1 Å². The van der Waals surface area contributed by atoms with Gasteiger partial charge in [0.2, 0.25) is 5.91 Å². The van der Waals surface area contributed by atoms with Crippen LogP contribution in [-0.2, 0) is 9.59 Å². The molecule has 1 aliphatic carbocycles. The average Bonchev–Trinajstić information content (AvgIpc) is 2.35. The van der Waals surface area contributed by atoms with Crippen LogP contribution in [0.4, 0.5) is 11.4 Å². The minimum Gasteiger partial charge on any atom is -0.508 e. The van der Waals surface area contributed by atoms with Gasteiger partial charge in [-0.3, -0.25) is 14.5 Å². The van der Waals surface area contributed by atoms with Gasteiger partial charge in [0.15, 0.2) is 5.78 Å². The maximum absolute atomic E-state index is 11.9. The van der Waals surface area contributed by atoms with Gasteiger partial charge >= 0.3 is 0 Å². The Bertz CT molecular complexity index is 659. The number of phenols is 1. The first-order valence-electron chi connectivity index (χ1n) is 5.91. The largest absolute Gasteiger partial charge is 0.508 e. The van der Waals surface area contributed by atoms with Gasteiger partial charge in [-0.15, -0.1) is 0 Å². The number of aromatic hydroxyl groups is 1. The van der Waals surface area contributed by atoms with Crippen molar-refractivity contribution in [3.8, 4) is 5.75 Å². The van der Waals surface area contributed by atoms with Crippen molar-refractivity contribution in [1.29, 1.82) is 0 Å². The Balaban J connectivity index is 2.17. The van der Waals surface area contributed by atoms with E-state index in [0.717, 1.165) is 0 Å². The zero-order chi connectivity index (χ0) is 13.6. The van der Waals surface area contributed by atoms with Crippen molar-refractivity contribution in [1.82, 2.24) is 0 Å². The van der Waals surface area contributed by atoms with Crippen LogP contribution in [0.5, 0.6) is 5.75 Å². The Hall–Kier alpha value is -2.56. The minimum absolute atomic E-state index is 0.0154. The van der Waals surface area contributed by atoms with Gasteiger partial charge in [-0.05, 0) is 24.3 Å². The Morgan fingerprint density at radius 3 is 2.89 bits per heavy atom. The van der Waals surface area contributed by atoms with E-state index in [1.54, 1.807) is 17.0 Å². The van der Waals surface area contributed by atoms with Crippen LogP contribution in [0.2, 0.25) is 0 Å². The van der Waals surface area contributed by atoms with Crippen LogP contribution in [0.25, 0.3) is 0 Å². The van der Waals surface area contributed by atoms with E-state index in [-0.39, 0.29) is 23.9 Å². The topological polar surface area (TPSA) is 69.6 Å². The molecule has 19 heavy (non-hydrogen) atoms. The van der Waals surface area contributed by atoms with Crippen molar-refractivity contribution in [2.24, 2.45) is 0 Å². The number of carbonyl (C=O) groups excluding carboxylic acids is 2. The molecule has 0 unspecified atom stereocenters. The summed E-state index contributed by atoms with van der Waals surface area (Å²) in [7, 11) is 0. The number of nitrogens with zero attached hydrogens (tertiary/aromatic N) is 1. The standard InChI is InChI=1S/C14H12N2O3/c1-8(17)16-13-4-2-9(18)6-11(13)15-12-7-10(19)3-5-14(12)16/h2-6,15,18H,7H2,1H3. The molecule has 96 valence electrons. The first-order valence-corrected chi connectivity index (χ1v) is 5.91. The van der Waals surface area contributed by atoms with Crippen LogP contribution < -0.4 is 10.2 Å². The zero-order valence-electron chi connectivity index (χ0n) is 10.3. The number of benzene rings is 1. The molecule has 1 amide bonds. The molecule has 0 atom stereocenters. The number of rotatable bonds is 0. The van der Waals surface area contributed by atoms with Gasteiger partial charge in [-0.2, -0.15) is 0 Å². The Labute approximate surface area is 109 Å². The van der Waals surface area contributed by atoms with Crippen LogP contribution in [-0.4, -0.2) is 16.8 Å². The number of allylic oxidation sites excluding steroid dienone is 3. The number of hydrogen-bond acceptors (Lipinski definition) is 4. The predicted molar refractivity (Wildman–Crippen MR) is 70.7 cm³/mol. The summed E-state index contributed by atoms with van der Waals surface area (Å²) in [6, 6.07) is 4.74. The van der Waals surface area contributed by atoms with Crippen molar-refractivity contribution in [3.63, 3.8) is 0 Å². The number of carbonyl (C=O) groups is 2. The van der Waals surface area contributed by atoms with E-state index in [1.807, 2.05) is 0 Å². The fourth-order valence-electron chi connectivity index (χ4n) is 2.36. The summed E-state index contributed by atoms with van der Waals surface area (Å²) in [5.41, 5.74) is 2.66. The van der Waals surface area contributed by atoms with Gasteiger partial charge in [0.1, 0.15) is 5.75 Å². The number of ketones is 1. The maximum atomic E-state index is 11.9. The number of anilines is 2. The second-order valence-corrected chi connectivity index (χ2v) is 4.52. The molecule has 0 spiro atoms. The Morgan fingerprint density at radius 1 is 1.37 bits per heavy atom. The van der Waals surface area contributed by atoms with Crippen LogP contribution in [0, 0.1) is 0 Å². The summed E-state index contributed by atoms with van der Waals surface area (Å²) >= 11 is 0. The minimum atomic E-state index is -0.139. The lowest BCUT2D eigenvalue weighted by Crippen LogP contribution is -2.34. The highest BCUT2D eigenvalue weighted by Gasteiger charge is 2.29. The Morgan fingerprint density at radius 2 is 2.16 bits per heavy atom. The number of hydrogen-bond donors (Lipinski definition) is 2. The second-order valence-electron chi connectivity index (χ2n) is 4.52. The lowest BCUT2D eigenvalue weighted by molar-refractivity contribution is -0.116. The smallest absolute Gasteiger partial charge is 0.228 e. The van der Waals surface area contributed by atoms with Crippen molar-refractivity contribution in [2.75, 3.05) is 10.2 Å². The summed E-state index contributed by atoms with van der Waals surface area (Å²) in [5, 5.41) is 12.6. The van der Waals surface area contributed by atoms with Gasteiger partial charge in [-0.25, -0.2) is 0 Å². The van der Waals surface area contributed by atoms with Gasteiger partial charge in [0, 0.05) is 18.7 Å². The van der Waals surface area contributed by atoms with Crippen LogP contribution in [0.15, 0.2) is 41.7 Å². The molecule has 1 aromatic carbocycles. The second kappa shape index (κ2) is 3.98. The lowest BCUT2D eigenvalue weighted by atomic mass is 10.0. The molecule has 0 fully saturated rings. The molecular weight excluding hydrogens is 244 g/mol. The summed E-state index contributed by atoms with van der Waals surface area (Å²) in [6.45, 7) is 1.47. The molecule has 0 bridgehead atoms. The van der Waals surface area contributed by atoms with Crippen molar-refractivity contribution < 1.29 is 14.7 Å². The highest BCUT2D eigenvalue weighted by Crippen LogP contribution is 2.39. The van der Waals surface area contributed by atoms with E-state index in [0.29, 0.717) is 22.8 Å². The van der Waals surface area contributed by atoms with E-state index in [4.69, 9.17) is 0 Å². The number of phenolic OH excluding ortho intramolecular Hbond substituents is 1. The molecule has 2 aliphatic rings. The van der Waals surface area contributed by atoms with Gasteiger partial charge in [0.05, 0.1) is 23.5 Å². The fraction of sp³-hybridized carbons (Fsp3) is 0.143. The molecule has 1 heterocycles. The third kappa shape index (κ3) is 1.79. The van der Waals surface area contributed by atoms with E-state index >= 15 is 0 Å². The lowest BCUT2D eigenvalue weighted by Gasteiger charge is -2.33. The summed E-state index contributed by atoms with van der Waals surface area (Å²) < 4.78 is 0. The molecule has 0 saturated heterocycles. The molecule has 5 heteroatoms. The first-order chi connectivity index (χ1) is 9.06. The molecule has 2 N–H and O–H groups in total. The van der Waals surface area contributed by atoms with E-state index < -0.39 is 0 Å². The molecule has 1 aliphatic heterocycles. The molecule has 0 aromatic heterocycles. The zero-order valence-corrected chi connectivity index (χ0v) is 10.3. The molecular formula is C14H12N2O3. The fourth-order valence-corrected chi connectivity index (χ4v) is 2.36. The van der Waals surface area contributed by atoms with Crippen molar-refractivity contribution in [2.45, 2.75) is 13.3 Å². The number of amides is 1. The quantitative estimate of drug-likeness (QED) is 0.744. The SMILES string of the molecule is CC(=O)N1C2=C(CC(=O)C=C2)Nc2cc(O)ccc21. The van der Waals surface area contributed by atoms with Gasteiger partial charge in [0.25, 0.3) is 0 Å². The van der Waals surface area contributed by atoms with Crippen molar-refractivity contribution in [3.05, 3.63) is 41.7 Å². The van der Waals surface area contributed by atoms with Crippen molar-refractivity contribution >= 4 is 23.1 Å². The molecule has 5 nitrogen and oxygen atoms in total. The van der Waals surface area contributed by atoms with E-state index in [2.05, 4.69) is 5.32 Å². The first kappa shape index (κ1) is 11.5. The Kier molecular flexibility index (Phi) is 2.41. The highest BCUT2D eigenvalue weighted by molar-refractivity contribution is 6.04. The summed E-state index contributed by atoms with van der Waals surface area (Å²) in [5.74, 6) is -0.0465. The molecule has 1 aromatic rings. The molecule has 0 saturated carbocycles.